The Labute approximate surface area is 107 Å². The van der Waals surface area contributed by atoms with Crippen LogP contribution in [0.5, 0.6) is 5.75 Å². The van der Waals surface area contributed by atoms with Gasteiger partial charge in [0.1, 0.15) is 12.0 Å². The molecule has 1 aromatic carbocycles. The summed E-state index contributed by atoms with van der Waals surface area (Å²) in [5, 5.41) is 0. The summed E-state index contributed by atoms with van der Waals surface area (Å²) in [6, 6.07) is 5.92. The number of benzene rings is 1. The molecule has 0 radical (unpaired) electrons. The van der Waals surface area contributed by atoms with E-state index in [1.165, 1.54) is 5.56 Å². The predicted octanol–water partition coefficient (Wildman–Crippen LogP) is 1.95. The molecule has 1 aliphatic heterocycles. The molecule has 0 spiro atoms. The van der Waals surface area contributed by atoms with Crippen LogP contribution in [0.3, 0.4) is 0 Å². The van der Waals surface area contributed by atoms with Gasteiger partial charge in [0.25, 0.3) is 5.91 Å². The molecular weight excluding hydrogens is 230 g/mol. The summed E-state index contributed by atoms with van der Waals surface area (Å²) < 4.78 is 5.37. The number of hydrogen-bond donors (Lipinski definition) is 0. The number of anilines is 1. The molecule has 96 valence electrons. The molecule has 1 aromatic rings. The first-order valence-corrected chi connectivity index (χ1v) is 6.18. The van der Waals surface area contributed by atoms with Crippen molar-refractivity contribution in [3.63, 3.8) is 0 Å². The molecule has 0 N–H and O–H groups in total. The molecule has 0 bridgehead atoms. The van der Waals surface area contributed by atoms with E-state index in [4.69, 9.17) is 4.74 Å². The first-order valence-electron chi connectivity index (χ1n) is 6.18. The summed E-state index contributed by atoms with van der Waals surface area (Å²) in [4.78, 5) is 23.4. The van der Waals surface area contributed by atoms with Crippen LogP contribution in [0.25, 0.3) is 0 Å². The van der Waals surface area contributed by atoms with Gasteiger partial charge in [-0.05, 0) is 37.0 Å². The normalized spacial score (nSPS) is 14.1. The Hall–Kier alpha value is -1.84. The number of ether oxygens (including phenoxy) is 1. The van der Waals surface area contributed by atoms with Crippen LogP contribution in [0.1, 0.15) is 24.8 Å². The predicted molar refractivity (Wildman–Crippen MR) is 69.0 cm³/mol. The third kappa shape index (κ3) is 2.70. The number of amides is 1. The molecule has 2 rings (SSSR count). The van der Waals surface area contributed by atoms with Crippen LogP contribution in [-0.4, -0.2) is 25.8 Å². The molecule has 0 atom stereocenters. The highest BCUT2D eigenvalue weighted by Gasteiger charge is 2.21. The van der Waals surface area contributed by atoms with Crippen LogP contribution in [0.4, 0.5) is 5.69 Å². The fourth-order valence-corrected chi connectivity index (χ4v) is 2.03. The molecule has 0 saturated carbocycles. The van der Waals surface area contributed by atoms with E-state index in [0.717, 1.165) is 37.0 Å². The molecule has 0 unspecified atom stereocenters. The van der Waals surface area contributed by atoms with Crippen LogP contribution in [0.2, 0.25) is 0 Å². The smallest absolute Gasteiger partial charge is 0.264 e. The topological polar surface area (TPSA) is 46.6 Å². The zero-order valence-electron chi connectivity index (χ0n) is 10.5. The van der Waals surface area contributed by atoms with Gasteiger partial charge in [0.05, 0.1) is 5.69 Å². The fourth-order valence-electron chi connectivity index (χ4n) is 2.03. The number of hydrogen-bond acceptors (Lipinski definition) is 3. The first-order chi connectivity index (χ1) is 8.72. The van der Waals surface area contributed by atoms with Gasteiger partial charge in [-0.1, -0.05) is 6.07 Å². The van der Waals surface area contributed by atoms with Gasteiger partial charge in [-0.2, -0.15) is 0 Å². The molecule has 1 aliphatic rings. The second-order valence-corrected chi connectivity index (χ2v) is 4.46. The van der Waals surface area contributed by atoms with Crippen LogP contribution in [-0.2, 0) is 16.0 Å². The minimum atomic E-state index is -0.0272. The maximum Gasteiger partial charge on any atom is 0.264 e. The highest BCUT2D eigenvalue weighted by atomic mass is 16.5. The zero-order chi connectivity index (χ0) is 13.0. The van der Waals surface area contributed by atoms with Gasteiger partial charge < -0.3 is 14.4 Å². The van der Waals surface area contributed by atoms with E-state index in [9.17, 15) is 9.59 Å². The SMILES string of the molecule is CN1C(=O)COc2ccc(CCCCC=O)cc21. The van der Waals surface area contributed by atoms with Crippen molar-refractivity contribution in [2.45, 2.75) is 25.7 Å². The van der Waals surface area contributed by atoms with Gasteiger partial charge >= 0.3 is 0 Å². The Morgan fingerprint density at radius 2 is 2.22 bits per heavy atom. The number of aryl methyl sites for hydroxylation is 1. The molecular formula is C14H17NO3. The number of aldehydes is 1. The number of unbranched alkanes of at least 4 members (excludes halogenated alkanes) is 2. The molecule has 4 nitrogen and oxygen atoms in total. The zero-order valence-corrected chi connectivity index (χ0v) is 10.5. The number of rotatable bonds is 5. The summed E-state index contributed by atoms with van der Waals surface area (Å²) in [5.41, 5.74) is 2.00. The lowest BCUT2D eigenvalue weighted by atomic mass is 10.1. The molecule has 0 saturated heterocycles. The maximum absolute atomic E-state index is 11.5. The second-order valence-electron chi connectivity index (χ2n) is 4.46. The van der Waals surface area contributed by atoms with Crippen molar-refractivity contribution < 1.29 is 14.3 Å². The lowest BCUT2D eigenvalue weighted by molar-refractivity contribution is -0.121. The van der Waals surface area contributed by atoms with E-state index < -0.39 is 0 Å². The van der Waals surface area contributed by atoms with Crippen LogP contribution in [0.15, 0.2) is 18.2 Å². The van der Waals surface area contributed by atoms with Crippen LogP contribution in [0, 0.1) is 0 Å². The largest absolute Gasteiger partial charge is 0.482 e. The summed E-state index contributed by atoms with van der Waals surface area (Å²) in [6.07, 6.45) is 4.38. The monoisotopic (exact) mass is 247 g/mol. The number of carbonyl (C=O) groups excluding carboxylic acids is 2. The standard InChI is InChI=1S/C14H17NO3/c1-15-12-9-11(5-3-2-4-8-16)6-7-13(12)18-10-14(15)17/h6-9H,2-5,10H2,1H3. The number of likely N-dealkylation sites (N-methyl/N-ethyl adjacent to an activating group) is 1. The summed E-state index contributed by atoms with van der Waals surface area (Å²) in [5.74, 6) is 0.731. The van der Waals surface area contributed by atoms with Crippen molar-refractivity contribution >= 4 is 17.9 Å². The third-order valence-corrected chi connectivity index (χ3v) is 3.15. The second kappa shape index (κ2) is 5.67. The molecule has 0 aliphatic carbocycles. The van der Waals surface area contributed by atoms with E-state index in [0.29, 0.717) is 6.42 Å². The first kappa shape index (κ1) is 12.6. The van der Waals surface area contributed by atoms with Gasteiger partial charge in [0.2, 0.25) is 0 Å². The average Bonchev–Trinajstić information content (AvgIpc) is 2.39. The maximum atomic E-state index is 11.5. The van der Waals surface area contributed by atoms with Crippen molar-refractivity contribution in [1.29, 1.82) is 0 Å². The fraction of sp³-hybridized carbons (Fsp3) is 0.429. The highest BCUT2D eigenvalue weighted by molar-refractivity contribution is 5.97. The molecule has 4 heteroatoms. The number of fused-ring (bicyclic) bond motifs is 1. The Bertz CT molecular complexity index is 456. The van der Waals surface area contributed by atoms with Crippen molar-refractivity contribution in [3.05, 3.63) is 23.8 Å². The summed E-state index contributed by atoms with van der Waals surface area (Å²) >= 11 is 0. The quantitative estimate of drug-likeness (QED) is 0.590. The van der Waals surface area contributed by atoms with Crippen LogP contribution >= 0.6 is 0 Å². The molecule has 0 aromatic heterocycles. The van der Waals surface area contributed by atoms with Gasteiger partial charge in [-0.25, -0.2) is 0 Å². The van der Waals surface area contributed by atoms with Crippen LogP contribution < -0.4 is 9.64 Å². The highest BCUT2D eigenvalue weighted by Crippen LogP contribution is 2.32. The number of carbonyl (C=O) groups is 2. The van der Waals surface area contributed by atoms with Gasteiger partial charge in [-0.15, -0.1) is 0 Å². The number of nitrogens with zero attached hydrogens (tertiary/aromatic N) is 1. The molecule has 18 heavy (non-hydrogen) atoms. The van der Waals surface area contributed by atoms with E-state index in [-0.39, 0.29) is 12.5 Å². The Morgan fingerprint density at radius 1 is 1.39 bits per heavy atom. The lowest BCUT2D eigenvalue weighted by Crippen LogP contribution is -2.35. The average molecular weight is 247 g/mol. The molecule has 0 fully saturated rings. The summed E-state index contributed by atoms with van der Waals surface area (Å²) in [6.45, 7) is 0.113. The molecule has 1 amide bonds. The van der Waals surface area contributed by atoms with Gasteiger partial charge in [-0.3, -0.25) is 4.79 Å². The van der Waals surface area contributed by atoms with E-state index in [1.807, 2.05) is 18.2 Å². The van der Waals surface area contributed by atoms with Crippen molar-refractivity contribution in [2.75, 3.05) is 18.6 Å². The van der Waals surface area contributed by atoms with E-state index in [1.54, 1.807) is 11.9 Å². The van der Waals surface area contributed by atoms with E-state index >= 15 is 0 Å². The minimum absolute atomic E-state index is 0.0272. The van der Waals surface area contributed by atoms with Crippen molar-refractivity contribution in [2.24, 2.45) is 0 Å². The Morgan fingerprint density at radius 3 is 3.00 bits per heavy atom. The van der Waals surface area contributed by atoms with Gasteiger partial charge in [0.15, 0.2) is 6.61 Å². The molecule has 1 heterocycles. The lowest BCUT2D eigenvalue weighted by Gasteiger charge is -2.26. The minimum Gasteiger partial charge on any atom is -0.482 e. The summed E-state index contributed by atoms with van der Waals surface area (Å²) in [7, 11) is 1.76. The van der Waals surface area contributed by atoms with Gasteiger partial charge in [0, 0.05) is 13.5 Å². The Kier molecular flexibility index (Phi) is 3.97. The third-order valence-electron chi connectivity index (χ3n) is 3.15. The van der Waals surface area contributed by atoms with Crippen molar-refractivity contribution in [3.8, 4) is 5.75 Å². The van der Waals surface area contributed by atoms with Crippen molar-refractivity contribution in [1.82, 2.24) is 0 Å². The van der Waals surface area contributed by atoms with E-state index in [2.05, 4.69) is 0 Å². The Balaban J connectivity index is 2.06.